The van der Waals surface area contributed by atoms with Gasteiger partial charge < -0.3 is 15.0 Å². The third-order valence-corrected chi connectivity index (χ3v) is 0.753. The van der Waals surface area contributed by atoms with Gasteiger partial charge in [-0.1, -0.05) is 0 Å². The third kappa shape index (κ3) is 3.66. The Bertz CT molecular complexity index is 129. The van der Waals surface area contributed by atoms with Gasteiger partial charge in [0.05, 0.1) is 5.97 Å². The molecule has 52 valence electrons. The van der Waals surface area contributed by atoms with Gasteiger partial charge in [-0.2, -0.15) is 0 Å². The summed E-state index contributed by atoms with van der Waals surface area (Å²) < 4.78 is 0. The lowest BCUT2D eigenvalue weighted by molar-refractivity contribution is -0.314. The van der Waals surface area contributed by atoms with E-state index in [1.165, 1.54) is 6.92 Å². The maximum atomic E-state index is 10.1. The molecule has 0 fully saturated rings. The number of carbonyl (C=O) groups excluding carboxylic acids is 2. The largest absolute Gasteiger partial charge is 0.547 e. The highest BCUT2D eigenvalue weighted by Crippen LogP contribution is 1.89. The summed E-state index contributed by atoms with van der Waals surface area (Å²) in [6.07, 6.45) is -2.02. The molecular formula is C5H7O4-. The number of carbonyl (C=O) groups is 2. The quantitative estimate of drug-likeness (QED) is 0.484. The first kappa shape index (κ1) is 8.10. The summed E-state index contributed by atoms with van der Waals surface area (Å²) in [5, 5.41) is 18.1. The summed E-state index contributed by atoms with van der Waals surface area (Å²) in [6.45, 7) is 1.20. The van der Waals surface area contributed by atoms with Gasteiger partial charge in [0.2, 0.25) is 0 Å². The normalized spacial score (nSPS) is 12.7. The maximum absolute atomic E-state index is 10.1. The topological polar surface area (TPSA) is 77.4 Å². The predicted molar refractivity (Wildman–Crippen MR) is 26.3 cm³/mol. The molecule has 0 aromatic heterocycles. The molecule has 0 aliphatic rings. The SMILES string of the molecule is CC(=O)CC(O)C(=O)[O-]. The molecule has 9 heavy (non-hydrogen) atoms. The number of Topliss-reactive ketones (excluding diaryl/α,β-unsaturated/α-hetero) is 1. The molecule has 0 aromatic rings. The number of aliphatic hydroxyl groups excluding tert-OH is 1. The van der Waals surface area contributed by atoms with Crippen LogP contribution in [0.5, 0.6) is 0 Å². The highest BCUT2D eigenvalue weighted by molar-refractivity contribution is 5.82. The number of aliphatic carboxylic acids is 1. The summed E-state index contributed by atoms with van der Waals surface area (Å²) in [5.41, 5.74) is 0. The Labute approximate surface area is 52.1 Å². The second-order valence-corrected chi connectivity index (χ2v) is 1.74. The van der Waals surface area contributed by atoms with E-state index in [-0.39, 0.29) is 12.2 Å². The molecule has 0 aliphatic carbocycles. The lowest BCUT2D eigenvalue weighted by Crippen LogP contribution is -2.36. The number of carboxylic acid groups (broad SMARTS) is 1. The van der Waals surface area contributed by atoms with E-state index < -0.39 is 12.1 Å². The van der Waals surface area contributed by atoms with Crippen molar-refractivity contribution in [2.24, 2.45) is 0 Å². The van der Waals surface area contributed by atoms with E-state index in [1.807, 2.05) is 0 Å². The molecule has 0 aliphatic heterocycles. The zero-order valence-corrected chi connectivity index (χ0v) is 4.96. The van der Waals surface area contributed by atoms with Gasteiger partial charge in [0, 0.05) is 6.42 Å². The van der Waals surface area contributed by atoms with E-state index >= 15 is 0 Å². The van der Waals surface area contributed by atoms with Gasteiger partial charge in [-0.05, 0) is 6.92 Å². The Morgan fingerprint density at radius 2 is 2.11 bits per heavy atom. The van der Waals surface area contributed by atoms with Crippen molar-refractivity contribution >= 4 is 11.8 Å². The van der Waals surface area contributed by atoms with Crippen molar-refractivity contribution in [3.8, 4) is 0 Å². The standard InChI is InChI=1S/C5H8O4/c1-3(6)2-4(7)5(8)9/h4,7H,2H2,1H3,(H,8,9)/p-1. The molecule has 0 amide bonds. The van der Waals surface area contributed by atoms with Crippen LogP contribution in [0, 0.1) is 0 Å². The molecule has 0 saturated carbocycles. The maximum Gasteiger partial charge on any atom is 0.132 e. The minimum absolute atomic E-state index is 0.369. The summed E-state index contributed by atoms with van der Waals surface area (Å²) in [7, 11) is 0. The van der Waals surface area contributed by atoms with Crippen LogP contribution in [-0.2, 0) is 9.59 Å². The minimum atomic E-state index is -1.65. The Morgan fingerprint density at radius 3 is 2.22 bits per heavy atom. The fraction of sp³-hybridized carbons (Fsp3) is 0.600. The van der Waals surface area contributed by atoms with Gasteiger partial charge in [-0.3, -0.25) is 4.79 Å². The van der Waals surface area contributed by atoms with Crippen LogP contribution in [0.1, 0.15) is 13.3 Å². The molecular weight excluding hydrogens is 124 g/mol. The van der Waals surface area contributed by atoms with Crippen molar-refractivity contribution in [3.63, 3.8) is 0 Å². The monoisotopic (exact) mass is 131 g/mol. The second-order valence-electron chi connectivity index (χ2n) is 1.74. The van der Waals surface area contributed by atoms with Crippen molar-refractivity contribution in [2.45, 2.75) is 19.4 Å². The Balaban J connectivity index is 3.63. The molecule has 1 unspecified atom stereocenters. The van der Waals surface area contributed by atoms with Gasteiger partial charge in [-0.15, -0.1) is 0 Å². The van der Waals surface area contributed by atoms with E-state index in [1.54, 1.807) is 0 Å². The molecule has 0 bridgehead atoms. The van der Waals surface area contributed by atoms with E-state index in [0.717, 1.165) is 0 Å². The van der Waals surface area contributed by atoms with Gasteiger partial charge >= 0.3 is 0 Å². The van der Waals surface area contributed by atoms with Crippen LogP contribution < -0.4 is 5.11 Å². The number of aliphatic hydroxyl groups is 1. The lowest BCUT2D eigenvalue weighted by Gasteiger charge is -2.07. The van der Waals surface area contributed by atoms with Crippen molar-refractivity contribution in [2.75, 3.05) is 0 Å². The van der Waals surface area contributed by atoms with Crippen LogP contribution in [0.3, 0.4) is 0 Å². The molecule has 1 atom stereocenters. The van der Waals surface area contributed by atoms with Crippen LogP contribution in [0.15, 0.2) is 0 Å². The predicted octanol–water partition coefficient (Wildman–Crippen LogP) is -1.92. The smallest absolute Gasteiger partial charge is 0.132 e. The van der Waals surface area contributed by atoms with Crippen LogP contribution in [-0.4, -0.2) is 23.0 Å². The first-order valence-corrected chi connectivity index (χ1v) is 2.42. The van der Waals surface area contributed by atoms with Crippen molar-refractivity contribution < 1.29 is 19.8 Å². The Hall–Kier alpha value is -0.900. The highest BCUT2D eigenvalue weighted by Gasteiger charge is 2.06. The van der Waals surface area contributed by atoms with E-state index in [0.29, 0.717) is 0 Å². The number of ketones is 1. The van der Waals surface area contributed by atoms with E-state index in [9.17, 15) is 14.7 Å². The van der Waals surface area contributed by atoms with Crippen LogP contribution in [0.25, 0.3) is 0 Å². The van der Waals surface area contributed by atoms with Crippen molar-refractivity contribution in [1.29, 1.82) is 0 Å². The zero-order chi connectivity index (χ0) is 7.44. The average Bonchev–Trinajstić information content (AvgIpc) is 1.63. The zero-order valence-electron chi connectivity index (χ0n) is 4.96. The molecule has 4 heteroatoms. The molecule has 0 saturated heterocycles. The molecule has 0 radical (unpaired) electrons. The second kappa shape index (κ2) is 3.19. The van der Waals surface area contributed by atoms with Gasteiger partial charge in [0.25, 0.3) is 0 Å². The van der Waals surface area contributed by atoms with Gasteiger partial charge in [0.15, 0.2) is 0 Å². The van der Waals surface area contributed by atoms with Crippen LogP contribution >= 0.6 is 0 Å². The van der Waals surface area contributed by atoms with Crippen LogP contribution in [0.2, 0.25) is 0 Å². The number of rotatable bonds is 3. The molecule has 0 spiro atoms. The number of carboxylic acids is 1. The number of hydrogen-bond donors (Lipinski definition) is 1. The molecule has 0 rings (SSSR count). The average molecular weight is 131 g/mol. The summed E-state index contributed by atoms with van der Waals surface area (Å²) >= 11 is 0. The van der Waals surface area contributed by atoms with E-state index in [2.05, 4.69) is 0 Å². The van der Waals surface area contributed by atoms with Gasteiger partial charge in [-0.25, -0.2) is 0 Å². The first-order valence-electron chi connectivity index (χ1n) is 2.42. The summed E-state index contributed by atoms with van der Waals surface area (Å²) in [5.74, 6) is -1.98. The molecule has 4 nitrogen and oxygen atoms in total. The fourth-order valence-electron chi connectivity index (χ4n) is 0.356. The molecule has 0 aromatic carbocycles. The first-order chi connectivity index (χ1) is 4.04. The van der Waals surface area contributed by atoms with E-state index in [4.69, 9.17) is 5.11 Å². The van der Waals surface area contributed by atoms with Crippen molar-refractivity contribution in [3.05, 3.63) is 0 Å². The van der Waals surface area contributed by atoms with Crippen molar-refractivity contribution in [1.82, 2.24) is 0 Å². The molecule has 1 N–H and O–H groups in total. The third-order valence-electron chi connectivity index (χ3n) is 0.753. The van der Waals surface area contributed by atoms with Crippen LogP contribution in [0.4, 0.5) is 0 Å². The van der Waals surface area contributed by atoms with Gasteiger partial charge in [0.1, 0.15) is 11.9 Å². The highest BCUT2D eigenvalue weighted by atomic mass is 16.4. The minimum Gasteiger partial charge on any atom is -0.547 e. The number of hydrogen-bond acceptors (Lipinski definition) is 4. The Kier molecular flexibility index (Phi) is 2.87. The molecule has 0 heterocycles. The fourth-order valence-corrected chi connectivity index (χ4v) is 0.356. The summed E-state index contributed by atoms with van der Waals surface area (Å²) in [4.78, 5) is 19.8. The lowest BCUT2D eigenvalue weighted by atomic mass is 10.2. The Morgan fingerprint density at radius 1 is 1.67 bits per heavy atom. The summed E-state index contributed by atoms with van der Waals surface area (Å²) in [6, 6.07) is 0.